The van der Waals surface area contributed by atoms with Crippen molar-refractivity contribution in [2.24, 2.45) is 11.7 Å². The van der Waals surface area contributed by atoms with Crippen LogP contribution in [0.1, 0.15) is 40.0 Å². The fourth-order valence-corrected chi connectivity index (χ4v) is 2.23. The predicted octanol–water partition coefficient (Wildman–Crippen LogP) is 0.960. The summed E-state index contributed by atoms with van der Waals surface area (Å²) in [6.07, 6.45) is 3.47. The van der Waals surface area contributed by atoms with Crippen molar-refractivity contribution >= 4 is 5.91 Å². The monoisotopic (exact) mass is 241 g/mol. The van der Waals surface area contributed by atoms with Crippen LogP contribution in [0, 0.1) is 5.92 Å². The topological polar surface area (TPSA) is 58.4 Å². The molecule has 2 unspecified atom stereocenters. The van der Waals surface area contributed by atoms with Gasteiger partial charge in [-0.1, -0.05) is 6.92 Å². The van der Waals surface area contributed by atoms with Crippen molar-refractivity contribution in [3.63, 3.8) is 0 Å². The maximum atomic E-state index is 11.5. The number of nitrogens with zero attached hydrogens (tertiary/aromatic N) is 1. The Labute approximate surface area is 105 Å². The second kappa shape index (κ2) is 5.83. The number of nitrogens with two attached hydrogens (primary N) is 1. The van der Waals surface area contributed by atoms with E-state index in [0.29, 0.717) is 6.04 Å². The first kappa shape index (κ1) is 14.5. The summed E-state index contributed by atoms with van der Waals surface area (Å²) in [5.41, 5.74) is 4.89. The molecule has 17 heavy (non-hydrogen) atoms. The van der Waals surface area contributed by atoms with Crippen LogP contribution in [0.25, 0.3) is 0 Å². The van der Waals surface area contributed by atoms with E-state index in [2.05, 4.69) is 24.2 Å². The maximum absolute atomic E-state index is 11.5. The van der Waals surface area contributed by atoms with Crippen molar-refractivity contribution in [2.45, 2.75) is 51.6 Å². The molecule has 1 aliphatic carbocycles. The van der Waals surface area contributed by atoms with Gasteiger partial charge in [-0.15, -0.1) is 0 Å². The summed E-state index contributed by atoms with van der Waals surface area (Å²) in [5.74, 6) is 0.603. The molecule has 4 heteroatoms. The summed E-state index contributed by atoms with van der Waals surface area (Å²) in [4.78, 5) is 13.8. The Balaban J connectivity index is 2.42. The molecule has 1 rings (SSSR count). The van der Waals surface area contributed by atoms with Crippen LogP contribution in [0.2, 0.25) is 0 Å². The van der Waals surface area contributed by atoms with E-state index in [4.69, 9.17) is 5.73 Å². The van der Waals surface area contributed by atoms with Gasteiger partial charge in [0.05, 0.1) is 5.54 Å². The van der Waals surface area contributed by atoms with E-state index >= 15 is 0 Å². The molecule has 4 nitrogen and oxygen atoms in total. The molecule has 3 N–H and O–H groups in total. The van der Waals surface area contributed by atoms with Crippen molar-refractivity contribution in [3.8, 4) is 0 Å². The van der Waals surface area contributed by atoms with Crippen LogP contribution in [-0.2, 0) is 4.79 Å². The Morgan fingerprint density at radius 1 is 1.59 bits per heavy atom. The lowest BCUT2D eigenvalue weighted by Gasteiger charge is -2.31. The Morgan fingerprint density at radius 2 is 2.18 bits per heavy atom. The molecule has 100 valence electrons. The molecule has 1 aliphatic rings. The average molecular weight is 241 g/mol. The number of amides is 1. The molecule has 2 atom stereocenters. The molecule has 0 aromatic carbocycles. The normalized spacial score (nSPS) is 21.2. The van der Waals surface area contributed by atoms with Gasteiger partial charge in [0.15, 0.2) is 0 Å². The van der Waals surface area contributed by atoms with Gasteiger partial charge in [0.2, 0.25) is 5.91 Å². The fourth-order valence-electron chi connectivity index (χ4n) is 2.23. The van der Waals surface area contributed by atoms with Crippen LogP contribution in [0.5, 0.6) is 0 Å². The number of rotatable bonds is 8. The third-order valence-electron chi connectivity index (χ3n) is 4.07. The van der Waals surface area contributed by atoms with Crippen LogP contribution in [0.4, 0.5) is 0 Å². The molecule has 0 saturated heterocycles. The molecule has 0 aromatic heterocycles. The van der Waals surface area contributed by atoms with Crippen LogP contribution in [-0.4, -0.2) is 42.5 Å². The smallest absolute Gasteiger partial charge is 0.237 e. The van der Waals surface area contributed by atoms with E-state index in [0.717, 1.165) is 25.4 Å². The summed E-state index contributed by atoms with van der Waals surface area (Å²) < 4.78 is 0. The SMILES string of the molecule is CCNC(C)(CCN(C)C(C)C1CC1)C(N)=O. The predicted molar refractivity (Wildman–Crippen MR) is 70.7 cm³/mol. The minimum atomic E-state index is -0.577. The summed E-state index contributed by atoms with van der Waals surface area (Å²) in [5, 5.41) is 3.20. The molecule has 1 fully saturated rings. The van der Waals surface area contributed by atoms with Gasteiger partial charge < -0.3 is 16.0 Å². The van der Waals surface area contributed by atoms with Crippen LogP contribution >= 0.6 is 0 Å². The molecule has 0 heterocycles. The number of likely N-dealkylation sites (N-methyl/N-ethyl adjacent to an activating group) is 1. The van der Waals surface area contributed by atoms with Gasteiger partial charge in [-0.05, 0) is 52.6 Å². The first-order valence-electron chi connectivity index (χ1n) is 6.66. The second-order valence-corrected chi connectivity index (χ2v) is 5.54. The number of carbonyl (C=O) groups is 1. The van der Waals surface area contributed by atoms with E-state index in [-0.39, 0.29) is 5.91 Å². The number of carbonyl (C=O) groups excluding carboxylic acids is 1. The molecule has 0 spiro atoms. The van der Waals surface area contributed by atoms with Gasteiger partial charge in [-0.2, -0.15) is 0 Å². The highest BCUT2D eigenvalue weighted by Crippen LogP contribution is 2.34. The van der Waals surface area contributed by atoms with E-state index in [1.807, 2.05) is 13.8 Å². The van der Waals surface area contributed by atoms with Crippen LogP contribution < -0.4 is 11.1 Å². The van der Waals surface area contributed by atoms with Gasteiger partial charge in [0.25, 0.3) is 0 Å². The molecule has 0 aliphatic heterocycles. The summed E-state index contributed by atoms with van der Waals surface area (Å²) in [6, 6.07) is 0.619. The molecule has 1 amide bonds. The lowest BCUT2D eigenvalue weighted by atomic mass is 9.96. The van der Waals surface area contributed by atoms with Gasteiger partial charge >= 0.3 is 0 Å². The van der Waals surface area contributed by atoms with Crippen LogP contribution in [0.3, 0.4) is 0 Å². The largest absolute Gasteiger partial charge is 0.368 e. The van der Waals surface area contributed by atoms with Crippen LogP contribution in [0.15, 0.2) is 0 Å². The molecule has 0 bridgehead atoms. The Kier molecular flexibility index (Phi) is 4.95. The zero-order valence-electron chi connectivity index (χ0n) is 11.6. The van der Waals surface area contributed by atoms with E-state index in [9.17, 15) is 4.79 Å². The minimum Gasteiger partial charge on any atom is -0.368 e. The molecule has 0 aromatic rings. The maximum Gasteiger partial charge on any atom is 0.237 e. The first-order chi connectivity index (χ1) is 7.90. The number of nitrogens with one attached hydrogen (secondary N) is 1. The number of hydrogen-bond donors (Lipinski definition) is 2. The third-order valence-corrected chi connectivity index (χ3v) is 4.07. The van der Waals surface area contributed by atoms with E-state index in [1.165, 1.54) is 12.8 Å². The lowest BCUT2D eigenvalue weighted by molar-refractivity contribution is -0.124. The first-order valence-corrected chi connectivity index (χ1v) is 6.66. The zero-order chi connectivity index (χ0) is 13.1. The van der Waals surface area contributed by atoms with Crippen molar-refractivity contribution in [1.29, 1.82) is 0 Å². The van der Waals surface area contributed by atoms with E-state index in [1.54, 1.807) is 0 Å². The Bertz CT molecular complexity index is 265. The second-order valence-electron chi connectivity index (χ2n) is 5.54. The van der Waals surface area contributed by atoms with Crippen molar-refractivity contribution in [1.82, 2.24) is 10.2 Å². The van der Waals surface area contributed by atoms with Crippen molar-refractivity contribution in [3.05, 3.63) is 0 Å². The zero-order valence-corrected chi connectivity index (χ0v) is 11.6. The van der Waals surface area contributed by atoms with Gasteiger partial charge in [-0.3, -0.25) is 4.79 Å². The molecule has 1 saturated carbocycles. The summed E-state index contributed by atoms with van der Waals surface area (Å²) >= 11 is 0. The third kappa shape index (κ3) is 3.96. The van der Waals surface area contributed by atoms with Crippen molar-refractivity contribution < 1.29 is 4.79 Å². The highest BCUT2D eigenvalue weighted by atomic mass is 16.1. The quantitative estimate of drug-likeness (QED) is 0.665. The Hall–Kier alpha value is -0.610. The molecular weight excluding hydrogens is 214 g/mol. The number of primary amides is 1. The lowest BCUT2D eigenvalue weighted by Crippen LogP contribution is -2.54. The summed E-state index contributed by atoms with van der Waals surface area (Å²) in [6.45, 7) is 7.84. The minimum absolute atomic E-state index is 0.258. The summed E-state index contributed by atoms with van der Waals surface area (Å²) in [7, 11) is 2.14. The average Bonchev–Trinajstić information content (AvgIpc) is 3.08. The molecule has 0 radical (unpaired) electrons. The number of hydrogen-bond acceptors (Lipinski definition) is 3. The van der Waals surface area contributed by atoms with Gasteiger partial charge in [-0.25, -0.2) is 0 Å². The Morgan fingerprint density at radius 3 is 2.59 bits per heavy atom. The van der Waals surface area contributed by atoms with Crippen molar-refractivity contribution in [2.75, 3.05) is 20.1 Å². The fraction of sp³-hybridized carbons (Fsp3) is 0.923. The molecular formula is C13H27N3O. The highest BCUT2D eigenvalue weighted by Gasteiger charge is 2.33. The highest BCUT2D eigenvalue weighted by molar-refractivity contribution is 5.84. The van der Waals surface area contributed by atoms with Gasteiger partial charge in [0, 0.05) is 12.6 Å². The van der Waals surface area contributed by atoms with E-state index < -0.39 is 5.54 Å². The standard InChI is InChI=1S/C13H27N3O/c1-5-15-13(3,12(14)17)8-9-16(4)10(2)11-6-7-11/h10-11,15H,5-9H2,1-4H3,(H2,14,17). The van der Waals surface area contributed by atoms with Gasteiger partial charge in [0.1, 0.15) is 0 Å².